The molecule has 1 saturated heterocycles. The number of nitrogens with zero attached hydrogens (tertiary/aromatic N) is 2. The molecule has 96 valence electrons. The molecule has 2 heterocycles. The minimum atomic E-state index is 0.823. The maximum absolute atomic E-state index is 4.55. The highest BCUT2D eigenvalue weighted by atomic mass is 32.1. The van der Waals surface area contributed by atoms with Gasteiger partial charge in [-0.2, -0.15) is 0 Å². The molecule has 4 heteroatoms. The smallest absolute Gasteiger partial charge is 0.0897 e. The van der Waals surface area contributed by atoms with Gasteiger partial charge in [0.25, 0.3) is 0 Å². The zero-order chi connectivity index (χ0) is 12.1. The zero-order valence-electron chi connectivity index (χ0n) is 10.9. The first-order valence-electron chi connectivity index (χ1n) is 6.62. The molecular weight excluding hydrogens is 230 g/mol. The minimum absolute atomic E-state index is 0.823. The molecular formula is C13H23N3S. The van der Waals surface area contributed by atoms with Gasteiger partial charge in [0.05, 0.1) is 10.7 Å². The van der Waals surface area contributed by atoms with Crippen LogP contribution in [0, 0.1) is 12.8 Å². The van der Waals surface area contributed by atoms with Gasteiger partial charge in [-0.15, -0.1) is 11.3 Å². The summed E-state index contributed by atoms with van der Waals surface area (Å²) in [5.41, 5.74) is 1.25. The molecule has 3 nitrogen and oxygen atoms in total. The SMILES string of the molecule is CCNCC1CCCN(Cc2csc(C)n2)C1. The highest BCUT2D eigenvalue weighted by Crippen LogP contribution is 2.18. The molecule has 1 atom stereocenters. The van der Waals surface area contributed by atoms with E-state index in [2.05, 4.69) is 34.4 Å². The predicted octanol–water partition coefficient (Wildman–Crippen LogP) is 2.27. The molecule has 1 fully saturated rings. The molecule has 0 saturated carbocycles. The van der Waals surface area contributed by atoms with Crippen LogP contribution in [0.4, 0.5) is 0 Å². The number of aryl methyl sites for hydroxylation is 1. The second-order valence-corrected chi connectivity index (χ2v) is 5.97. The summed E-state index contributed by atoms with van der Waals surface area (Å²) in [6, 6.07) is 0. The van der Waals surface area contributed by atoms with Gasteiger partial charge >= 0.3 is 0 Å². The molecule has 1 unspecified atom stereocenters. The predicted molar refractivity (Wildman–Crippen MR) is 73.4 cm³/mol. The Balaban J connectivity index is 1.80. The molecule has 1 aliphatic heterocycles. The Morgan fingerprint density at radius 3 is 3.18 bits per heavy atom. The number of nitrogens with one attached hydrogen (secondary N) is 1. The van der Waals surface area contributed by atoms with Crippen LogP contribution in [0.15, 0.2) is 5.38 Å². The number of piperidine rings is 1. The van der Waals surface area contributed by atoms with Gasteiger partial charge in [0.15, 0.2) is 0 Å². The molecule has 2 rings (SSSR count). The van der Waals surface area contributed by atoms with Crippen molar-refractivity contribution in [3.63, 3.8) is 0 Å². The van der Waals surface area contributed by atoms with Crippen molar-refractivity contribution in [2.45, 2.75) is 33.2 Å². The van der Waals surface area contributed by atoms with E-state index in [1.54, 1.807) is 11.3 Å². The van der Waals surface area contributed by atoms with Crippen molar-refractivity contribution in [3.8, 4) is 0 Å². The van der Waals surface area contributed by atoms with Gasteiger partial charge in [-0.05, 0) is 45.3 Å². The molecule has 1 aliphatic rings. The molecule has 1 aromatic heterocycles. The van der Waals surface area contributed by atoms with Gasteiger partial charge < -0.3 is 5.32 Å². The number of likely N-dealkylation sites (tertiary alicyclic amines) is 1. The van der Waals surface area contributed by atoms with Crippen LogP contribution >= 0.6 is 11.3 Å². The van der Waals surface area contributed by atoms with E-state index in [0.717, 1.165) is 19.0 Å². The third-order valence-corrected chi connectivity index (χ3v) is 4.16. The van der Waals surface area contributed by atoms with E-state index < -0.39 is 0 Å². The molecule has 1 aromatic rings. The molecule has 0 amide bonds. The number of hydrogen-bond donors (Lipinski definition) is 1. The molecule has 17 heavy (non-hydrogen) atoms. The van der Waals surface area contributed by atoms with Crippen molar-refractivity contribution in [1.82, 2.24) is 15.2 Å². The molecule has 0 aliphatic carbocycles. The van der Waals surface area contributed by atoms with Crippen molar-refractivity contribution in [2.24, 2.45) is 5.92 Å². The van der Waals surface area contributed by atoms with Gasteiger partial charge in [0.1, 0.15) is 0 Å². The Morgan fingerprint density at radius 2 is 2.47 bits per heavy atom. The molecule has 0 aromatic carbocycles. The van der Waals surface area contributed by atoms with Crippen molar-refractivity contribution in [3.05, 3.63) is 16.1 Å². The minimum Gasteiger partial charge on any atom is -0.317 e. The molecule has 0 bridgehead atoms. The maximum atomic E-state index is 4.55. The van der Waals surface area contributed by atoms with Crippen LogP contribution in [0.2, 0.25) is 0 Å². The van der Waals surface area contributed by atoms with Gasteiger partial charge in [0, 0.05) is 18.5 Å². The number of hydrogen-bond acceptors (Lipinski definition) is 4. The lowest BCUT2D eigenvalue weighted by atomic mass is 9.98. The number of thiazole rings is 1. The van der Waals surface area contributed by atoms with Gasteiger partial charge in [-0.1, -0.05) is 6.92 Å². The summed E-state index contributed by atoms with van der Waals surface area (Å²) in [6.07, 6.45) is 2.71. The van der Waals surface area contributed by atoms with Crippen LogP contribution in [0.1, 0.15) is 30.5 Å². The quantitative estimate of drug-likeness (QED) is 0.872. The zero-order valence-corrected chi connectivity index (χ0v) is 11.7. The lowest BCUT2D eigenvalue weighted by molar-refractivity contribution is 0.164. The Hall–Kier alpha value is -0.450. The van der Waals surface area contributed by atoms with Gasteiger partial charge in [-0.25, -0.2) is 4.98 Å². The van der Waals surface area contributed by atoms with Crippen LogP contribution in [0.3, 0.4) is 0 Å². The van der Waals surface area contributed by atoms with E-state index in [4.69, 9.17) is 0 Å². The van der Waals surface area contributed by atoms with Crippen LogP contribution in [0.25, 0.3) is 0 Å². The lowest BCUT2D eigenvalue weighted by Gasteiger charge is -2.32. The normalized spacial score (nSPS) is 21.9. The fraction of sp³-hybridized carbons (Fsp3) is 0.769. The maximum Gasteiger partial charge on any atom is 0.0897 e. The fourth-order valence-corrected chi connectivity index (χ4v) is 3.12. The summed E-state index contributed by atoms with van der Waals surface area (Å²) in [5, 5.41) is 6.85. The summed E-state index contributed by atoms with van der Waals surface area (Å²) in [4.78, 5) is 7.11. The second kappa shape index (κ2) is 6.47. The Morgan fingerprint density at radius 1 is 1.59 bits per heavy atom. The second-order valence-electron chi connectivity index (χ2n) is 4.91. The first kappa shape index (κ1) is 13.0. The first-order valence-corrected chi connectivity index (χ1v) is 7.50. The average molecular weight is 253 g/mol. The number of aromatic nitrogens is 1. The van der Waals surface area contributed by atoms with E-state index in [1.807, 2.05) is 0 Å². The van der Waals surface area contributed by atoms with Gasteiger partial charge in [0.2, 0.25) is 0 Å². The number of rotatable bonds is 5. The highest BCUT2D eigenvalue weighted by Gasteiger charge is 2.19. The van der Waals surface area contributed by atoms with E-state index in [-0.39, 0.29) is 0 Å². The highest BCUT2D eigenvalue weighted by molar-refractivity contribution is 7.09. The van der Waals surface area contributed by atoms with Crippen LogP contribution in [0.5, 0.6) is 0 Å². The van der Waals surface area contributed by atoms with Crippen LogP contribution in [-0.2, 0) is 6.54 Å². The molecule has 0 spiro atoms. The molecule has 0 radical (unpaired) electrons. The Labute approximate surface area is 108 Å². The van der Waals surface area contributed by atoms with Crippen molar-refractivity contribution >= 4 is 11.3 Å². The Kier molecular flexibility index (Phi) is 4.95. The monoisotopic (exact) mass is 253 g/mol. The van der Waals surface area contributed by atoms with Crippen molar-refractivity contribution < 1.29 is 0 Å². The fourth-order valence-electron chi connectivity index (χ4n) is 2.52. The Bertz CT molecular complexity index is 337. The van der Waals surface area contributed by atoms with E-state index in [0.29, 0.717) is 0 Å². The van der Waals surface area contributed by atoms with E-state index in [1.165, 1.54) is 43.2 Å². The lowest BCUT2D eigenvalue weighted by Crippen LogP contribution is -2.39. The van der Waals surface area contributed by atoms with Crippen molar-refractivity contribution in [2.75, 3.05) is 26.2 Å². The van der Waals surface area contributed by atoms with Crippen LogP contribution < -0.4 is 5.32 Å². The van der Waals surface area contributed by atoms with Crippen LogP contribution in [-0.4, -0.2) is 36.1 Å². The summed E-state index contributed by atoms with van der Waals surface area (Å²) in [6.45, 7) is 10.0. The third-order valence-electron chi connectivity index (χ3n) is 3.34. The van der Waals surface area contributed by atoms with Crippen molar-refractivity contribution in [1.29, 1.82) is 0 Å². The molecule has 1 N–H and O–H groups in total. The summed E-state index contributed by atoms with van der Waals surface area (Å²) in [5.74, 6) is 0.823. The standard InChI is InChI=1S/C13H23N3S/c1-3-14-7-12-5-4-6-16(8-12)9-13-10-17-11(2)15-13/h10,12,14H,3-9H2,1-2H3. The van der Waals surface area contributed by atoms with E-state index in [9.17, 15) is 0 Å². The summed E-state index contributed by atoms with van der Waals surface area (Å²) in [7, 11) is 0. The van der Waals surface area contributed by atoms with E-state index >= 15 is 0 Å². The average Bonchev–Trinajstić information content (AvgIpc) is 2.73. The topological polar surface area (TPSA) is 28.2 Å². The first-order chi connectivity index (χ1) is 8.28. The summed E-state index contributed by atoms with van der Waals surface area (Å²) < 4.78 is 0. The third kappa shape index (κ3) is 4.05. The summed E-state index contributed by atoms with van der Waals surface area (Å²) >= 11 is 1.76. The van der Waals surface area contributed by atoms with Gasteiger partial charge in [-0.3, -0.25) is 4.90 Å². The largest absolute Gasteiger partial charge is 0.317 e.